The van der Waals surface area contributed by atoms with Crippen molar-refractivity contribution in [3.8, 4) is 11.5 Å². The molecule has 0 saturated heterocycles. The van der Waals surface area contributed by atoms with Crippen molar-refractivity contribution in [2.75, 3.05) is 6.54 Å². The Kier molecular flexibility index (Phi) is 4.99. The summed E-state index contributed by atoms with van der Waals surface area (Å²) in [4.78, 5) is 14.8. The molecule has 0 radical (unpaired) electrons. The number of aryl methyl sites for hydroxylation is 1. The summed E-state index contributed by atoms with van der Waals surface area (Å²) in [6.07, 6.45) is 0.900. The van der Waals surface area contributed by atoms with Gasteiger partial charge in [0, 0.05) is 18.7 Å². The monoisotopic (exact) mass is 379 g/mol. The predicted octanol–water partition coefficient (Wildman–Crippen LogP) is 4.11. The van der Waals surface area contributed by atoms with Crippen LogP contribution >= 0.6 is 11.8 Å². The molecule has 0 unspecified atom stereocenters. The van der Waals surface area contributed by atoms with E-state index in [0.717, 1.165) is 24.1 Å². The van der Waals surface area contributed by atoms with Crippen molar-refractivity contribution >= 4 is 17.7 Å². The third-order valence-corrected chi connectivity index (χ3v) is 5.66. The molecule has 5 nitrogen and oxygen atoms in total. The van der Waals surface area contributed by atoms with E-state index in [2.05, 4.69) is 28.4 Å². The van der Waals surface area contributed by atoms with Crippen LogP contribution in [0.1, 0.15) is 23.6 Å². The summed E-state index contributed by atoms with van der Waals surface area (Å²) in [6.45, 7) is 5.33. The van der Waals surface area contributed by atoms with Crippen LogP contribution in [-0.2, 0) is 17.8 Å². The average Bonchev–Trinajstić information content (AvgIpc) is 3.15. The fraction of sp³-hybridized carbons (Fsp3) is 0.286. The molecular formula is C21H21N3O2S. The third-order valence-electron chi connectivity index (χ3n) is 4.74. The number of thioether (sulfide) groups is 1. The van der Waals surface area contributed by atoms with Crippen LogP contribution in [-0.4, -0.2) is 32.8 Å². The van der Waals surface area contributed by atoms with Gasteiger partial charge in [0.05, 0.1) is 5.25 Å². The lowest BCUT2D eigenvalue weighted by atomic mass is 10.00. The highest BCUT2D eigenvalue weighted by molar-refractivity contribution is 8.00. The maximum absolute atomic E-state index is 12.8. The lowest BCUT2D eigenvalue weighted by Gasteiger charge is -2.30. The smallest absolute Gasteiger partial charge is 0.277 e. The summed E-state index contributed by atoms with van der Waals surface area (Å²) in [5, 5.41) is 8.37. The van der Waals surface area contributed by atoms with E-state index in [-0.39, 0.29) is 11.2 Å². The van der Waals surface area contributed by atoms with Crippen LogP contribution in [0.4, 0.5) is 0 Å². The molecule has 27 heavy (non-hydrogen) atoms. The number of hydrogen-bond donors (Lipinski definition) is 0. The Morgan fingerprint density at radius 2 is 1.96 bits per heavy atom. The highest BCUT2D eigenvalue weighted by Gasteiger charge is 2.26. The van der Waals surface area contributed by atoms with Crippen molar-refractivity contribution in [3.05, 3.63) is 65.2 Å². The maximum Gasteiger partial charge on any atom is 0.277 e. The van der Waals surface area contributed by atoms with Gasteiger partial charge in [-0.15, -0.1) is 10.2 Å². The number of carbonyl (C=O) groups excluding carboxylic acids is 1. The summed E-state index contributed by atoms with van der Waals surface area (Å²) in [7, 11) is 0. The Labute approximate surface area is 162 Å². The van der Waals surface area contributed by atoms with E-state index < -0.39 is 0 Å². The van der Waals surface area contributed by atoms with Gasteiger partial charge < -0.3 is 9.32 Å². The highest BCUT2D eigenvalue weighted by atomic mass is 32.2. The molecular weight excluding hydrogens is 358 g/mol. The van der Waals surface area contributed by atoms with Gasteiger partial charge in [-0.05, 0) is 43.5 Å². The number of amides is 1. The molecule has 1 aliphatic heterocycles. The summed E-state index contributed by atoms with van der Waals surface area (Å²) in [6, 6.07) is 16.2. The van der Waals surface area contributed by atoms with Crippen LogP contribution in [0.5, 0.6) is 0 Å². The SMILES string of the molecule is Cc1cccc(-c2nnc(S[C@H](C)C(=O)N3CCc4ccccc4C3)o2)c1. The molecule has 0 fully saturated rings. The van der Waals surface area contributed by atoms with E-state index in [0.29, 0.717) is 17.7 Å². The number of benzene rings is 2. The van der Waals surface area contributed by atoms with Crippen LogP contribution in [0.25, 0.3) is 11.5 Å². The molecule has 0 bridgehead atoms. The van der Waals surface area contributed by atoms with Crippen molar-refractivity contribution in [2.45, 2.75) is 37.3 Å². The maximum atomic E-state index is 12.8. The molecule has 1 aromatic heterocycles. The minimum atomic E-state index is -0.277. The van der Waals surface area contributed by atoms with Crippen LogP contribution in [0, 0.1) is 6.92 Å². The summed E-state index contributed by atoms with van der Waals surface area (Å²) in [5.74, 6) is 0.581. The van der Waals surface area contributed by atoms with Crippen LogP contribution in [0.3, 0.4) is 0 Å². The molecule has 3 aromatic rings. The highest BCUT2D eigenvalue weighted by Crippen LogP contribution is 2.28. The first-order chi connectivity index (χ1) is 13.1. The number of rotatable bonds is 4. The standard InChI is InChI=1S/C21H21N3O2S/c1-14-6-5-9-17(12-14)19-22-23-21(26-19)27-15(2)20(25)24-11-10-16-7-3-4-8-18(16)13-24/h3-9,12,15H,10-11,13H2,1-2H3/t15-/m1/s1. The van der Waals surface area contributed by atoms with Gasteiger partial charge >= 0.3 is 0 Å². The van der Waals surface area contributed by atoms with E-state index >= 15 is 0 Å². The van der Waals surface area contributed by atoms with Gasteiger partial charge in [-0.1, -0.05) is 53.7 Å². The largest absolute Gasteiger partial charge is 0.411 e. The number of fused-ring (bicyclic) bond motifs is 1. The van der Waals surface area contributed by atoms with Gasteiger partial charge in [0.2, 0.25) is 11.8 Å². The molecule has 2 aromatic carbocycles. The van der Waals surface area contributed by atoms with Crippen LogP contribution < -0.4 is 0 Å². The fourth-order valence-corrected chi connectivity index (χ4v) is 4.06. The van der Waals surface area contributed by atoms with Crippen LogP contribution in [0.15, 0.2) is 58.2 Å². The Morgan fingerprint density at radius 1 is 1.15 bits per heavy atom. The number of aromatic nitrogens is 2. The van der Waals surface area contributed by atoms with Gasteiger partial charge in [0.1, 0.15) is 0 Å². The number of carbonyl (C=O) groups is 1. The Morgan fingerprint density at radius 3 is 2.78 bits per heavy atom. The molecule has 0 saturated carbocycles. The molecule has 0 N–H and O–H groups in total. The summed E-state index contributed by atoms with van der Waals surface area (Å²) >= 11 is 1.31. The molecule has 4 rings (SSSR count). The second-order valence-corrected chi connectivity index (χ2v) is 8.07. The topological polar surface area (TPSA) is 59.2 Å². The van der Waals surface area contributed by atoms with Crippen molar-refractivity contribution < 1.29 is 9.21 Å². The molecule has 1 aliphatic rings. The zero-order chi connectivity index (χ0) is 18.8. The van der Waals surface area contributed by atoms with Crippen molar-refractivity contribution in [1.29, 1.82) is 0 Å². The van der Waals surface area contributed by atoms with E-state index in [9.17, 15) is 4.79 Å². The summed E-state index contributed by atoms with van der Waals surface area (Å²) in [5.41, 5.74) is 4.59. The molecule has 138 valence electrons. The normalized spacial score (nSPS) is 14.7. The molecule has 1 atom stereocenters. The zero-order valence-corrected chi connectivity index (χ0v) is 16.2. The predicted molar refractivity (Wildman–Crippen MR) is 105 cm³/mol. The molecule has 1 amide bonds. The van der Waals surface area contributed by atoms with Crippen molar-refractivity contribution in [2.24, 2.45) is 0 Å². The second-order valence-electron chi connectivity index (χ2n) is 6.78. The van der Waals surface area contributed by atoms with E-state index in [1.54, 1.807) is 0 Å². The van der Waals surface area contributed by atoms with Gasteiger partial charge in [-0.2, -0.15) is 0 Å². The molecule has 2 heterocycles. The summed E-state index contributed by atoms with van der Waals surface area (Å²) < 4.78 is 5.76. The number of hydrogen-bond acceptors (Lipinski definition) is 5. The minimum absolute atomic E-state index is 0.102. The van der Waals surface area contributed by atoms with E-state index in [1.807, 2.05) is 49.1 Å². The zero-order valence-electron chi connectivity index (χ0n) is 15.4. The van der Waals surface area contributed by atoms with Crippen LogP contribution in [0.2, 0.25) is 0 Å². The Bertz CT molecular complexity index is 969. The first-order valence-corrected chi connectivity index (χ1v) is 9.91. The second kappa shape index (κ2) is 7.56. The average molecular weight is 379 g/mol. The van der Waals surface area contributed by atoms with Crippen molar-refractivity contribution in [3.63, 3.8) is 0 Å². The molecule has 6 heteroatoms. The molecule has 0 aliphatic carbocycles. The third kappa shape index (κ3) is 3.90. The first-order valence-electron chi connectivity index (χ1n) is 9.03. The van der Waals surface area contributed by atoms with E-state index in [1.165, 1.54) is 22.9 Å². The van der Waals surface area contributed by atoms with Gasteiger partial charge in [0.25, 0.3) is 5.22 Å². The van der Waals surface area contributed by atoms with Gasteiger partial charge in [-0.25, -0.2) is 0 Å². The number of nitrogens with zero attached hydrogens (tertiary/aromatic N) is 3. The lowest BCUT2D eigenvalue weighted by Crippen LogP contribution is -2.40. The molecule has 0 spiro atoms. The first kappa shape index (κ1) is 17.8. The quantitative estimate of drug-likeness (QED) is 0.639. The van der Waals surface area contributed by atoms with E-state index in [4.69, 9.17) is 4.42 Å². The minimum Gasteiger partial charge on any atom is -0.411 e. The fourth-order valence-electron chi connectivity index (χ4n) is 3.29. The Balaban J connectivity index is 1.42. The van der Waals surface area contributed by atoms with Gasteiger partial charge in [0.15, 0.2) is 0 Å². The van der Waals surface area contributed by atoms with Crippen molar-refractivity contribution in [1.82, 2.24) is 15.1 Å². The lowest BCUT2D eigenvalue weighted by molar-refractivity contribution is -0.131. The Hall–Kier alpha value is -2.60. The van der Waals surface area contributed by atoms with Gasteiger partial charge in [-0.3, -0.25) is 4.79 Å².